The third-order valence-corrected chi connectivity index (χ3v) is 12.8. The smallest absolute Gasteiger partial charge is 0.342 e. The van der Waals surface area contributed by atoms with Gasteiger partial charge < -0.3 is 14.2 Å². The summed E-state index contributed by atoms with van der Waals surface area (Å²) in [6.45, 7) is 0.845. The van der Waals surface area contributed by atoms with Crippen molar-refractivity contribution in [3.63, 3.8) is 0 Å². The minimum absolute atomic E-state index is 0.00304. The number of ether oxygens (including phenoxy) is 3. The van der Waals surface area contributed by atoms with Crippen LogP contribution in [0.5, 0.6) is 0 Å². The zero-order valence-corrected chi connectivity index (χ0v) is 23.9. The van der Waals surface area contributed by atoms with Crippen LogP contribution in [0.25, 0.3) is 0 Å². The number of rotatable bonds is 8. The fourth-order valence-electron chi connectivity index (χ4n) is 10.9. The van der Waals surface area contributed by atoms with Crippen molar-refractivity contribution in [3.05, 3.63) is 22.3 Å². The fraction of sp³-hybridized carbons (Fsp3) is 0.765. The van der Waals surface area contributed by atoms with Gasteiger partial charge in [-0.1, -0.05) is 12.8 Å². The molecule has 7 nitrogen and oxygen atoms in total. The lowest BCUT2D eigenvalue weighted by Crippen LogP contribution is -2.27. The minimum atomic E-state index is -0.723. The number of carbonyl (C=O) groups excluding carboxylic acids is 4. The average Bonchev–Trinajstić information content (AvgIpc) is 3.83. The summed E-state index contributed by atoms with van der Waals surface area (Å²) in [7, 11) is 0. The molecule has 0 spiro atoms. The molecule has 220 valence electrons. The van der Waals surface area contributed by atoms with Crippen molar-refractivity contribution < 1.29 is 33.4 Å². The highest BCUT2D eigenvalue weighted by atomic mass is 16.6. The molecule has 8 aliphatic rings. The summed E-state index contributed by atoms with van der Waals surface area (Å²) >= 11 is 0. The lowest BCUT2D eigenvalue weighted by Gasteiger charge is -2.23. The normalized spacial score (nSPS) is 41.2. The van der Waals surface area contributed by atoms with Gasteiger partial charge in [0.2, 0.25) is 0 Å². The minimum Gasteiger partial charge on any atom is -0.462 e. The van der Waals surface area contributed by atoms with E-state index in [0.29, 0.717) is 59.2 Å². The van der Waals surface area contributed by atoms with Gasteiger partial charge in [-0.2, -0.15) is 0 Å². The van der Waals surface area contributed by atoms with Gasteiger partial charge >= 0.3 is 23.9 Å². The Morgan fingerprint density at radius 2 is 0.854 bits per heavy atom. The number of esters is 4. The highest BCUT2D eigenvalue weighted by Crippen LogP contribution is 2.53. The molecule has 0 aliphatic heterocycles. The third kappa shape index (κ3) is 4.43. The van der Waals surface area contributed by atoms with E-state index >= 15 is 0 Å². The van der Waals surface area contributed by atoms with Gasteiger partial charge in [0.1, 0.15) is 0 Å². The largest absolute Gasteiger partial charge is 0.462 e. The second-order valence-electron chi connectivity index (χ2n) is 14.8. The zero-order valence-electron chi connectivity index (χ0n) is 23.9. The van der Waals surface area contributed by atoms with E-state index in [1.165, 1.54) is 38.5 Å². The number of hydrogen-bond donors (Lipinski definition) is 0. The Bertz CT molecular complexity index is 1150. The summed E-state index contributed by atoms with van der Waals surface area (Å²) < 4.78 is 17.1. The molecule has 10 unspecified atom stereocenters. The number of fused-ring (bicyclic) bond motifs is 8. The van der Waals surface area contributed by atoms with E-state index in [2.05, 4.69) is 0 Å². The Balaban J connectivity index is 0.959. The van der Waals surface area contributed by atoms with Crippen LogP contribution in [0.4, 0.5) is 0 Å². The molecular weight excluding hydrogens is 520 g/mol. The van der Waals surface area contributed by atoms with Crippen LogP contribution >= 0.6 is 0 Å². The standard InChI is InChI=1S/C34H42O7/c35-31(39-15-25-11-17-1-3-19(25)9-17)27-21-5-7-23(13-21)29(27)33(37)41-34(38)30-24-8-6-22(14-24)28(30)32(36)40-16-26-12-18-2-4-20(26)10-18/h17-26H,1-16H2. The maximum absolute atomic E-state index is 13.5. The van der Waals surface area contributed by atoms with Crippen molar-refractivity contribution in [1.29, 1.82) is 0 Å². The van der Waals surface area contributed by atoms with E-state index in [1.54, 1.807) is 0 Å². The van der Waals surface area contributed by atoms with Gasteiger partial charge in [0, 0.05) is 0 Å². The molecule has 0 saturated heterocycles. The van der Waals surface area contributed by atoms with E-state index in [1.807, 2.05) is 0 Å². The Hall–Kier alpha value is -2.44. The van der Waals surface area contributed by atoms with Crippen LogP contribution < -0.4 is 0 Å². The summed E-state index contributed by atoms with van der Waals surface area (Å²) in [5, 5.41) is 0. The molecule has 41 heavy (non-hydrogen) atoms. The van der Waals surface area contributed by atoms with Crippen LogP contribution in [0.3, 0.4) is 0 Å². The molecule has 8 rings (SSSR count). The Kier molecular flexibility index (Phi) is 6.45. The van der Waals surface area contributed by atoms with Gasteiger partial charge in [-0.05, 0) is 136 Å². The molecule has 0 heterocycles. The molecule has 0 aromatic rings. The topological polar surface area (TPSA) is 96.0 Å². The average molecular weight is 563 g/mol. The summed E-state index contributed by atoms with van der Waals surface area (Å²) in [6, 6.07) is 0. The Morgan fingerprint density at radius 3 is 1.20 bits per heavy atom. The molecule has 6 saturated carbocycles. The predicted octanol–water partition coefficient (Wildman–Crippen LogP) is 5.47. The summed E-state index contributed by atoms with van der Waals surface area (Å²) in [4.78, 5) is 53.6. The monoisotopic (exact) mass is 562 g/mol. The van der Waals surface area contributed by atoms with Gasteiger partial charge in [0.05, 0.1) is 35.5 Å². The van der Waals surface area contributed by atoms with Crippen molar-refractivity contribution >= 4 is 23.9 Å². The number of carbonyl (C=O) groups is 4. The predicted molar refractivity (Wildman–Crippen MR) is 147 cm³/mol. The van der Waals surface area contributed by atoms with Crippen molar-refractivity contribution in [2.75, 3.05) is 13.2 Å². The van der Waals surface area contributed by atoms with Crippen LogP contribution in [0.1, 0.15) is 89.9 Å². The molecule has 6 fully saturated rings. The summed E-state index contributed by atoms with van der Waals surface area (Å²) in [6.07, 6.45) is 14.7. The molecular formula is C34H42O7. The number of hydrogen-bond acceptors (Lipinski definition) is 7. The molecule has 8 aliphatic carbocycles. The SMILES string of the molecule is O=C(OCC1CC2CCC1C2)C1=C(C(=O)OC(=O)C2=C(C(=O)OCC3CC4CCC3C4)C3CCC2C3)C2CCC1C2. The first-order valence-corrected chi connectivity index (χ1v) is 16.5. The summed E-state index contributed by atoms with van der Waals surface area (Å²) in [5.74, 6) is 1.37. The molecule has 8 bridgehead atoms. The molecule has 0 amide bonds. The van der Waals surface area contributed by atoms with E-state index < -0.39 is 23.9 Å². The Labute approximate surface area is 241 Å². The lowest BCUT2D eigenvalue weighted by atomic mass is 9.89. The molecule has 0 radical (unpaired) electrons. The molecule has 0 aromatic heterocycles. The van der Waals surface area contributed by atoms with Gasteiger partial charge in [0.15, 0.2) is 0 Å². The summed E-state index contributed by atoms with van der Waals surface area (Å²) in [5.41, 5.74) is 1.57. The van der Waals surface area contributed by atoms with E-state index in [0.717, 1.165) is 63.2 Å². The maximum atomic E-state index is 13.5. The maximum Gasteiger partial charge on any atom is 0.342 e. The third-order valence-electron chi connectivity index (χ3n) is 12.8. The van der Waals surface area contributed by atoms with Crippen LogP contribution in [0, 0.1) is 59.2 Å². The fourth-order valence-corrected chi connectivity index (χ4v) is 10.9. The van der Waals surface area contributed by atoms with Gasteiger partial charge in [-0.15, -0.1) is 0 Å². The lowest BCUT2D eigenvalue weighted by molar-refractivity contribution is -0.156. The Morgan fingerprint density at radius 1 is 0.463 bits per heavy atom. The van der Waals surface area contributed by atoms with Crippen molar-refractivity contribution in [2.24, 2.45) is 59.2 Å². The first-order chi connectivity index (χ1) is 19.9. The van der Waals surface area contributed by atoms with Gasteiger partial charge in [0.25, 0.3) is 0 Å². The second-order valence-corrected chi connectivity index (χ2v) is 14.8. The van der Waals surface area contributed by atoms with Crippen LogP contribution in [-0.2, 0) is 33.4 Å². The van der Waals surface area contributed by atoms with Crippen LogP contribution in [0.2, 0.25) is 0 Å². The molecule has 10 atom stereocenters. The van der Waals surface area contributed by atoms with Crippen molar-refractivity contribution in [1.82, 2.24) is 0 Å². The molecule has 0 aromatic carbocycles. The van der Waals surface area contributed by atoms with E-state index in [-0.39, 0.29) is 23.7 Å². The van der Waals surface area contributed by atoms with Crippen molar-refractivity contribution in [2.45, 2.75) is 89.9 Å². The van der Waals surface area contributed by atoms with E-state index in [4.69, 9.17) is 14.2 Å². The highest BCUT2D eigenvalue weighted by molar-refractivity contribution is 6.10. The first-order valence-electron chi connectivity index (χ1n) is 16.5. The second kappa shape index (κ2) is 10.1. The zero-order chi connectivity index (χ0) is 27.8. The molecule has 7 heteroatoms. The van der Waals surface area contributed by atoms with Crippen LogP contribution in [0.15, 0.2) is 22.3 Å². The first kappa shape index (κ1) is 26.2. The molecule has 0 N–H and O–H groups in total. The quantitative estimate of drug-likeness (QED) is 0.220. The van der Waals surface area contributed by atoms with Crippen molar-refractivity contribution in [3.8, 4) is 0 Å². The van der Waals surface area contributed by atoms with Gasteiger partial charge in [-0.3, -0.25) is 0 Å². The van der Waals surface area contributed by atoms with Crippen LogP contribution in [-0.4, -0.2) is 37.1 Å². The van der Waals surface area contributed by atoms with E-state index in [9.17, 15) is 19.2 Å². The highest BCUT2D eigenvalue weighted by Gasteiger charge is 2.50. The van der Waals surface area contributed by atoms with Gasteiger partial charge in [-0.25, -0.2) is 19.2 Å².